The summed E-state index contributed by atoms with van der Waals surface area (Å²) in [6, 6.07) is -0.539. The van der Waals surface area contributed by atoms with Crippen LogP contribution < -0.4 is 5.32 Å². The molecule has 0 fully saturated rings. The number of hydrogen-bond acceptors (Lipinski definition) is 5. The third-order valence-corrected chi connectivity index (χ3v) is 16.5. The molecule has 0 aliphatic carbocycles. The van der Waals surface area contributed by atoms with Gasteiger partial charge < -0.3 is 20.3 Å². The Labute approximate surface area is 481 Å². The Hall–Kier alpha value is -1.66. The van der Waals surface area contributed by atoms with Crippen LogP contribution in [-0.4, -0.2) is 47.4 Å². The molecular formula is C71H137NO5. The average molecular weight is 1080 g/mol. The van der Waals surface area contributed by atoms with Crippen molar-refractivity contribution in [2.75, 3.05) is 13.2 Å². The fourth-order valence-corrected chi connectivity index (χ4v) is 11.1. The van der Waals surface area contributed by atoms with E-state index in [2.05, 4.69) is 43.5 Å². The molecule has 0 aromatic rings. The van der Waals surface area contributed by atoms with Crippen LogP contribution in [-0.2, 0) is 14.3 Å². The molecular weight excluding hydrogens is 947 g/mol. The number of unbranched alkanes of at least 4 members (excludes halogenated alkanes) is 51. The van der Waals surface area contributed by atoms with Crippen molar-refractivity contribution >= 4 is 11.9 Å². The summed E-state index contributed by atoms with van der Waals surface area (Å²) in [7, 11) is 0. The van der Waals surface area contributed by atoms with Gasteiger partial charge in [0.25, 0.3) is 0 Å². The minimum Gasteiger partial charge on any atom is -0.466 e. The Morgan fingerprint density at radius 1 is 0.364 bits per heavy atom. The van der Waals surface area contributed by atoms with E-state index in [0.717, 1.165) is 44.9 Å². The van der Waals surface area contributed by atoms with E-state index in [0.29, 0.717) is 25.9 Å². The predicted octanol–water partition coefficient (Wildman–Crippen LogP) is 22.5. The van der Waals surface area contributed by atoms with Gasteiger partial charge in [0.05, 0.1) is 25.4 Å². The predicted molar refractivity (Wildman–Crippen MR) is 338 cm³/mol. The number of carbonyl (C=O) groups is 2. The number of hydrogen-bond donors (Lipinski definition) is 3. The third-order valence-electron chi connectivity index (χ3n) is 16.5. The summed E-state index contributed by atoms with van der Waals surface area (Å²) in [5.41, 5.74) is 0. The van der Waals surface area contributed by atoms with Crippen LogP contribution in [0.15, 0.2) is 24.3 Å². The average Bonchev–Trinajstić information content (AvgIpc) is 3.43. The molecule has 1 amide bonds. The molecule has 0 aromatic carbocycles. The number of nitrogens with one attached hydrogen (secondary N) is 1. The fourth-order valence-electron chi connectivity index (χ4n) is 11.1. The summed E-state index contributed by atoms with van der Waals surface area (Å²) in [6.45, 7) is 4.98. The van der Waals surface area contributed by atoms with Gasteiger partial charge in [-0.25, -0.2) is 0 Å². The zero-order chi connectivity index (χ0) is 55.7. The summed E-state index contributed by atoms with van der Waals surface area (Å²) < 4.78 is 5.48. The number of aliphatic hydroxyl groups is 2. The largest absolute Gasteiger partial charge is 0.466 e. The molecule has 0 saturated carbocycles. The molecule has 0 rings (SSSR count). The van der Waals surface area contributed by atoms with E-state index in [-0.39, 0.29) is 18.5 Å². The zero-order valence-corrected chi connectivity index (χ0v) is 52.2. The molecule has 0 aliphatic rings. The van der Waals surface area contributed by atoms with E-state index in [1.165, 1.54) is 315 Å². The van der Waals surface area contributed by atoms with Crippen LogP contribution in [0.25, 0.3) is 0 Å². The number of ether oxygens (including phenoxy) is 1. The highest BCUT2D eigenvalue weighted by Crippen LogP contribution is 2.19. The van der Waals surface area contributed by atoms with Gasteiger partial charge in [-0.1, -0.05) is 346 Å². The van der Waals surface area contributed by atoms with Crippen molar-refractivity contribution in [3.63, 3.8) is 0 Å². The highest BCUT2D eigenvalue weighted by atomic mass is 16.5. The van der Waals surface area contributed by atoms with Gasteiger partial charge in [-0.15, -0.1) is 0 Å². The Kier molecular flexibility index (Phi) is 65.4. The molecule has 3 N–H and O–H groups in total. The SMILES string of the molecule is CCCCCCCCCCCCCCCCCC(O)C(CO)NC(=O)CCCCCCCCCCCCCCCCCCC/C=C\C/C=C\CCCCCCCCCCCOC(=O)CCCCCCCCCCCCCC. The van der Waals surface area contributed by atoms with Gasteiger partial charge in [0.2, 0.25) is 5.91 Å². The molecule has 6 nitrogen and oxygen atoms in total. The summed E-state index contributed by atoms with van der Waals surface area (Å²) >= 11 is 0. The molecule has 0 heterocycles. The summed E-state index contributed by atoms with van der Waals surface area (Å²) in [4.78, 5) is 24.5. The van der Waals surface area contributed by atoms with E-state index in [1.54, 1.807) is 0 Å². The number of aliphatic hydroxyl groups excluding tert-OH is 2. The van der Waals surface area contributed by atoms with Crippen LogP contribution in [0, 0.1) is 0 Å². The zero-order valence-electron chi connectivity index (χ0n) is 52.2. The summed E-state index contributed by atoms with van der Waals surface area (Å²) in [5, 5.41) is 23.3. The second-order valence-corrected chi connectivity index (χ2v) is 24.2. The van der Waals surface area contributed by atoms with Crippen LogP contribution in [0.3, 0.4) is 0 Å². The van der Waals surface area contributed by atoms with Crippen molar-refractivity contribution in [2.45, 2.75) is 405 Å². The molecule has 2 unspecified atom stereocenters. The number of carbonyl (C=O) groups excluding carboxylic acids is 2. The third kappa shape index (κ3) is 63.4. The van der Waals surface area contributed by atoms with E-state index in [1.807, 2.05) is 0 Å². The minimum atomic E-state index is -0.662. The van der Waals surface area contributed by atoms with Crippen molar-refractivity contribution in [2.24, 2.45) is 0 Å². The fraction of sp³-hybridized carbons (Fsp3) is 0.915. The molecule has 0 aliphatic heterocycles. The van der Waals surface area contributed by atoms with Gasteiger partial charge >= 0.3 is 5.97 Å². The van der Waals surface area contributed by atoms with E-state index in [4.69, 9.17) is 4.74 Å². The maximum absolute atomic E-state index is 12.5. The first-order valence-corrected chi connectivity index (χ1v) is 35.1. The number of rotatable bonds is 66. The molecule has 0 radical (unpaired) electrons. The highest BCUT2D eigenvalue weighted by molar-refractivity contribution is 5.76. The van der Waals surface area contributed by atoms with Gasteiger partial charge in [0, 0.05) is 12.8 Å². The van der Waals surface area contributed by atoms with Gasteiger partial charge in [0.15, 0.2) is 0 Å². The molecule has 6 heteroatoms. The van der Waals surface area contributed by atoms with Crippen LogP contribution in [0.2, 0.25) is 0 Å². The Morgan fingerprint density at radius 3 is 0.987 bits per heavy atom. The lowest BCUT2D eigenvalue weighted by molar-refractivity contribution is -0.143. The second-order valence-electron chi connectivity index (χ2n) is 24.2. The molecule has 0 spiro atoms. The topological polar surface area (TPSA) is 95.9 Å². The smallest absolute Gasteiger partial charge is 0.305 e. The van der Waals surface area contributed by atoms with Crippen LogP contribution in [0.5, 0.6) is 0 Å². The van der Waals surface area contributed by atoms with Crippen LogP contribution in [0.1, 0.15) is 393 Å². The second kappa shape index (κ2) is 66.8. The number of allylic oxidation sites excluding steroid dienone is 4. The van der Waals surface area contributed by atoms with Crippen molar-refractivity contribution < 1.29 is 24.5 Å². The van der Waals surface area contributed by atoms with E-state index >= 15 is 0 Å². The van der Waals surface area contributed by atoms with E-state index < -0.39 is 12.1 Å². The van der Waals surface area contributed by atoms with Crippen LogP contribution in [0.4, 0.5) is 0 Å². The van der Waals surface area contributed by atoms with Gasteiger partial charge in [-0.3, -0.25) is 9.59 Å². The Balaban J connectivity index is 3.37. The first-order valence-electron chi connectivity index (χ1n) is 35.1. The monoisotopic (exact) mass is 1080 g/mol. The molecule has 456 valence electrons. The van der Waals surface area contributed by atoms with Gasteiger partial charge in [-0.2, -0.15) is 0 Å². The first-order chi connectivity index (χ1) is 38.0. The van der Waals surface area contributed by atoms with Crippen molar-refractivity contribution in [3.05, 3.63) is 24.3 Å². The van der Waals surface area contributed by atoms with Crippen molar-refractivity contribution in [1.29, 1.82) is 0 Å². The maximum Gasteiger partial charge on any atom is 0.305 e. The summed E-state index contributed by atoms with van der Waals surface area (Å²) in [5.74, 6) is -0.0148. The molecule has 0 bridgehead atoms. The van der Waals surface area contributed by atoms with Crippen molar-refractivity contribution in [1.82, 2.24) is 5.32 Å². The molecule has 77 heavy (non-hydrogen) atoms. The minimum absolute atomic E-state index is 0.0154. The van der Waals surface area contributed by atoms with Crippen LogP contribution >= 0.6 is 0 Å². The van der Waals surface area contributed by atoms with Crippen molar-refractivity contribution in [3.8, 4) is 0 Å². The Morgan fingerprint density at radius 2 is 0.649 bits per heavy atom. The lowest BCUT2D eigenvalue weighted by Gasteiger charge is -2.22. The maximum atomic E-state index is 12.5. The quantitative estimate of drug-likeness (QED) is 0.0320. The number of esters is 1. The molecule has 2 atom stereocenters. The lowest BCUT2D eigenvalue weighted by atomic mass is 10.0. The van der Waals surface area contributed by atoms with E-state index in [9.17, 15) is 19.8 Å². The highest BCUT2D eigenvalue weighted by Gasteiger charge is 2.20. The summed E-state index contributed by atoms with van der Waals surface area (Å²) in [6.07, 6.45) is 83.7. The van der Waals surface area contributed by atoms with Gasteiger partial charge in [0.1, 0.15) is 0 Å². The molecule has 0 saturated heterocycles. The number of amides is 1. The normalized spacial score (nSPS) is 12.6. The molecule has 0 aromatic heterocycles. The standard InChI is InChI=1S/C71H137NO5/c1-3-5-7-9-11-13-15-17-37-40-43-47-51-55-59-63-69(74)68(67-73)72-70(75)64-60-56-52-48-44-41-38-35-33-31-29-27-25-23-21-19-18-20-22-24-26-28-30-32-34-36-39-42-46-50-54-58-62-66-77-71(76)65-61-57-53-49-45-16-14-12-10-8-6-4-2/h22,24,28,30,68-69,73-74H,3-21,23,25-27,29,31-67H2,1-2H3,(H,72,75)/b24-22-,30-28-. The first kappa shape index (κ1) is 75.3. The Bertz CT molecular complexity index is 1200. The van der Waals surface area contributed by atoms with Gasteiger partial charge in [-0.05, 0) is 57.8 Å². The lowest BCUT2D eigenvalue weighted by Crippen LogP contribution is -2.45.